The molecule has 0 aliphatic carbocycles. The zero-order valence-corrected chi connectivity index (χ0v) is 32.6. The first-order chi connectivity index (χ1) is 28.2. The van der Waals surface area contributed by atoms with Gasteiger partial charge in [0.1, 0.15) is 77.9 Å². The van der Waals surface area contributed by atoms with E-state index >= 15 is 0 Å². The maximum Gasteiger partial charge on any atom is 0.222 e. The average Bonchev–Trinajstić information content (AvgIpc) is 3.94. The summed E-state index contributed by atoms with van der Waals surface area (Å²) in [4.78, 5) is 43.0. The van der Waals surface area contributed by atoms with Crippen molar-refractivity contribution in [2.45, 2.75) is 81.6 Å². The topological polar surface area (TPSA) is 245 Å². The summed E-state index contributed by atoms with van der Waals surface area (Å²) in [6, 6.07) is 10.2. The van der Waals surface area contributed by atoms with Crippen molar-refractivity contribution in [2.24, 2.45) is 10.9 Å². The van der Waals surface area contributed by atoms with Crippen molar-refractivity contribution in [3.05, 3.63) is 93.1 Å². The van der Waals surface area contributed by atoms with Gasteiger partial charge in [-0.1, -0.05) is 6.07 Å². The number of carbonyl (C=O) groups is 1. The summed E-state index contributed by atoms with van der Waals surface area (Å²) in [5.41, 5.74) is 0.0293. The van der Waals surface area contributed by atoms with Gasteiger partial charge in [0.05, 0.1) is 12.0 Å². The van der Waals surface area contributed by atoms with Crippen LogP contribution in [0.3, 0.4) is 0 Å². The maximum atomic E-state index is 13.5. The number of aliphatic hydroxyl groups is 5. The third-order valence-corrected chi connectivity index (χ3v) is 12.0. The van der Waals surface area contributed by atoms with E-state index in [9.17, 15) is 45.3 Å². The van der Waals surface area contributed by atoms with E-state index < -0.39 is 55.3 Å². The Morgan fingerprint density at radius 1 is 1.07 bits per heavy atom. The molecule has 0 spiro atoms. The van der Waals surface area contributed by atoms with Crippen LogP contribution in [0.15, 0.2) is 80.2 Å². The molecule has 1 fully saturated rings. The fourth-order valence-corrected chi connectivity index (χ4v) is 8.62. The normalized spacial score (nSPS) is 24.9. The summed E-state index contributed by atoms with van der Waals surface area (Å²) in [5.74, 6) is 0.696. The van der Waals surface area contributed by atoms with Crippen LogP contribution < -0.4 is 20.4 Å². The number of fused-ring (bicyclic) bond motifs is 4. The second kappa shape index (κ2) is 15.8. The predicted molar refractivity (Wildman–Crippen MR) is 212 cm³/mol. The van der Waals surface area contributed by atoms with Crippen LogP contribution in [-0.4, -0.2) is 110 Å². The third-order valence-electron chi connectivity index (χ3n) is 12.0. The van der Waals surface area contributed by atoms with E-state index in [-0.39, 0.29) is 35.2 Å². The lowest BCUT2D eigenvalue weighted by atomic mass is 9.83. The first-order valence-corrected chi connectivity index (χ1v) is 19.6. The first-order valence-electron chi connectivity index (χ1n) is 19.6. The Morgan fingerprint density at radius 3 is 2.63 bits per heavy atom. The van der Waals surface area contributed by atoms with E-state index in [1.807, 2.05) is 19.2 Å². The zero-order valence-electron chi connectivity index (χ0n) is 32.6. The number of aliphatic imine (C=N–C) groups is 1. The molecule has 59 heavy (non-hydrogen) atoms. The van der Waals surface area contributed by atoms with Crippen molar-refractivity contribution in [1.29, 1.82) is 0 Å². The summed E-state index contributed by atoms with van der Waals surface area (Å²) in [5, 5.41) is 78.9. The fourth-order valence-electron chi connectivity index (χ4n) is 8.62. The highest BCUT2D eigenvalue weighted by atomic mass is 17.2. The van der Waals surface area contributed by atoms with Crippen LogP contribution in [0.4, 0.5) is 5.69 Å². The Morgan fingerprint density at radius 2 is 1.88 bits per heavy atom. The Bertz CT molecular complexity index is 2460. The number of nitrogens with one attached hydrogen (secondary N) is 2. The number of aryl methyl sites for hydroxylation is 1. The number of allylic oxidation sites excluding steroid dienone is 1. The van der Waals surface area contributed by atoms with Crippen molar-refractivity contribution in [2.75, 3.05) is 26.3 Å². The molecule has 1 unspecified atom stereocenters. The van der Waals surface area contributed by atoms with E-state index in [1.165, 1.54) is 36.4 Å². The number of phenolic OH excluding ortho intramolecular Hbond substituents is 2. The van der Waals surface area contributed by atoms with Crippen LogP contribution in [0, 0.1) is 12.8 Å². The minimum absolute atomic E-state index is 0.0278. The predicted octanol–water partition coefficient (Wildman–Crippen LogP) is 1.02. The molecule has 1 amide bonds. The number of amides is 1. The van der Waals surface area contributed by atoms with Gasteiger partial charge in [0.25, 0.3) is 0 Å². The highest BCUT2D eigenvalue weighted by Crippen LogP contribution is 2.45. The molecule has 4 aliphatic rings. The van der Waals surface area contributed by atoms with Crippen molar-refractivity contribution in [3.63, 3.8) is 0 Å². The number of phenols is 2. The molecular formula is C43H48N3O13+. The van der Waals surface area contributed by atoms with E-state index in [2.05, 4.69) is 10.3 Å². The summed E-state index contributed by atoms with van der Waals surface area (Å²) < 4.78 is 13.3. The van der Waals surface area contributed by atoms with Crippen LogP contribution in [0.2, 0.25) is 0 Å². The highest BCUT2D eigenvalue weighted by Gasteiger charge is 2.49. The molecule has 16 nitrogen and oxygen atoms in total. The Kier molecular flexibility index (Phi) is 10.9. The molecule has 9 N–H and O–H groups in total. The number of hydrogen-bond acceptors (Lipinski definition) is 14. The van der Waals surface area contributed by atoms with Gasteiger partial charge >= 0.3 is 0 Å². The first kappa shape index (κ1) is 40.6. The molecule has 0 saturated carbocycles. The maximum absolute atomic E-state index is 13.5. The molecule has 4 aromatic rings. The van der Waals surface area contributed by atoms with Gasteiger partial charge < -0.3 is 50.2 Å². The number of ether oxygens (including phenoxy) is 1. The van der Waals surface area contributed by atoms with Crippen LogP contribution in [0.25, 0.3) is 21.7 Å². The molecule has 4 aliphatic heterocycles. The second-order valence-corrected chi connectivity index (χ2v) is 16.4. The van der Waals surface area contributed by atoms with Crippen molar-refractivity contribution >= 4 is 39.6 Å². The molecule has 312 valence electrons. The van der Waals surface area contributed by atoms with Gasteiger partial charge in [0.2, 0.25) is 17.2 Å². The van der Waals surface area contributed by atoms with E-state index in [4.69, 9.17) is 18.9 Å². The molecular weight excluding hydrogens is 766 g/mol. The van der Waals surface area contributed by atoms with Crippen molar-refractivity contribution < 1.29 is 64.4 Å². The van der Waals surface area contributed by atoms with Gasteiger partial charge in [-0.15, -0.1) is 0 Å². The lowest BCUT2D eigenvalue weighted by Gasteiger charge is -2.43. The Hall–Kier alpha value is -5.17. The summed E-state index contributed by atoms with van der Waals surface area (Å²) >= 11 is 0. The van der Waals surface area contributed by atoms with Gasteiger partial charge in [-0.05, 0) is 80.0 Å². The van der Waals surface area contributed by atoms with E-state index in [0.29, 0.717) is 82.4 Å². The van der Waals surface area contributed by atoms with Gasteiger partial charge in [0.15, 0.2) is 11.2 Å². The minimum atomic E-state index is -2.40. The number of carbonyl (C=O) groups excluding carboxylic acids is 1. The van der Waals surface area contributed by atoms with Crippen molar-refractivity contribution in [1.82, 2.24) is 5.32 Å². The highest BCUT2D eigenvalue weighted by molar-refractivity contribution is 5.92. The molecule has 0 radical (unpaired) electrons. The van der Waals surface area contributed by atoms with Crippen molar-refractivity contribution in [3.8, 4) is 17.2 Å². The number of quaternary nitrogens is 1. The van der Waals surface area contributed by atoms with Crippen LogP contribution in [-0.2, 0) is 27.4 Å². The molecule has 5 heterocycles. The van der Waals surface area contributed by atoms with Crippen LogP contribution in [0.1, 0.15) is 43.1 Å². The van der Waals surface area contributed by atoms with E-state index in [1.54, 1.807) is 19.2 Å². The average molecular weight is 815 g/mol. The molecule has 1 aromatic heterocycles. The lowest BCUT2D eigenvalue weighted by Crippen LogP contribution is -3.01. The number of hydrogen-bond donors (Lipinski definition) is 9. The quantitative estimate of drug-likeness (QED) is 0.0639. The van der Waals surface area contributed by atoms with Gasteiger partial charge in [-0.25, -0.2) is 9.78 Å². The minimum Gasteiger partial charge on any atom is -0.508 e. The summed E-state index contributed by atoms with van der Waals surface area (Å²) in [7, 11) is 0. The van der Waals surface area contributed by atoms with Gasteiger partial charge in [-0.2, -0.15) is 0 Å². The number of benzene rings is 3. The monoisotopic (exact) mass is 814 g/mol. The zero-order chi connectivity index (χ0) is 41.8. The molecule has 3 aromatic carbocycles. The summed E-state index contributed by atoms with van der Waals surface area (Å²) in [6.45, 7) is 2.90. The molecule has 16 heteroatoms. The fraction of sp³-hybridized carbons (Fsp3) is 0.419. The second-order valence-electron chi connectivity index (χ2n) is 16.4. The van der Waals surface area contributed by atoms with Crippen LogP contribution in [0.5, 0.6) is 17.2 Å². The largest absolute Gasteiger partial charge is 0.508 e. The number of aromatic hydroxyl groups is 2. The van der Waals surface area contributed by atoms with Gasteiger partial charge in [-0.3, -0.25) is 19.5 Å². The smallest absolute Gasteiger partial charge is 0.222 e. The van der Waals surface area contributed by atoms with Crippen LogP contribution >= 0.6 is 0 Å². The SMILES string of the molecule is Cc1cc(=O)c2cc3c(c([NH+]4C=C5N=CC=C5C4)c2o1)O[C@](C)(CC[C@@H]1CNC(=O)C1)[C@H](OOC[C@@](O)(Cc1ccc(O)c2ccc(O)cc12)[C@@H](O)[C@H](O)[C@H](O)CO)C3. The number of nitrogens with zero attached hydrogens (tertiary/aromatic N) is 1. The molecule has 1 saturated heterocycles. The van der Waals surface area contributed by atoms with E-state index in [0.717, 1.165) is 16.2 Å². The van der Waals surface area contributed by atoms with Gasteiger partial charge in [0, 0.05) is 54.6 Å². The number of rotatable bonds is 14. The molecule has 8 rings (SSSR count). The Balaban J connectivity index is 1.15. The molecule has 0 bridgehead atoms. The third kappa shape index (κ3) is 7.74. The number of aliphatic hydroxyl groups excluding tert-OH is 4. The standard InChI is InChI=1S/C43H47N3O13/c1-22-11-33(50)30-13-26-14-35(59-56-21-43(55,41(54)38(53)34(51)20-47)16-24-3-6-32(49)28-5-4-27(48)15-29(24)28)42(2,9-7-23-12-36(52)45-17-23)58-39(26)37(40(30)57-22)46-18-25-8-10-44-31(25)19-46/h3-6,8,10-11,13,15,19,23,34-35,38,41,47-49,51,53-55H,7,9,12,14,16-18,20-21H2,1-2H3,(H,45,52)/p+1/t23-,34+,35+,38+,41-,42+,43-/m0/s1. The Labute approximate surface area is 337 Å². The summed E-state index contributed by atoms with van der Waals surface area (Å²) in [6.07, 6.45) is -0.197. The lowest BCUT2D eigenvalue weighted by molar-refractivity contribution is -0.763. The molecule has 8 atom stereocenters.